The highest BCUT2D eigenvalue weighted by molar-refractivity contribution is 6.33. The standard InChI is InChI=1S/C18H18ClNO4/c1-11-9-14(19)15(10-12(11)2)20-8-6-5-7-13(17(21)23-3)16(20)18(22)24-4/h5-10H,1-4H3. The third-order valence-corrected chi connectivity index (χ3v) is 4.01. The molecule has 1 aromatic carbocycles. The molecule has 1 aliphatic rings. The van der Waals surface area contributed by atoms with Crippen LogP contribution in [0.2, 0.25) is 5.02 Å². The van der Waals surface area contributed by atoms with E-state index in [0.29, 0.717) is 10.7 Å². The number of esters is 2. The summed E-state index contributed by atoms with van der Waals surface area (Å²) in [7, 11) is 2.51. The van der Waals surface area contributed by atoms with Crippen molar-refractivity contribution in [3.8, 4) is 0 Å². The molecule has 2 rings (SSSR count). The molecule has 0 unspecified atom stereocenters. The molecule has 126 valence electrons. The van der Waals surface area contributed by atoms with Gasteiger partial charge in [0.05, 0.1) is 30.5 Å². The minimum atomic E-state index is -0.666. The predicted molar refractivity (Wildman–Crippen MR) is 92.7 cm³/mol. The Kier molecular flexibility index (Phi) is 5.46. The monoisotopic (exact) mass is 347 g/mol. The Morgan fingerprint density at radius 2 is 1.62 bits per heavy atom. The van der Waals surface area contributed by atoms with Crippen LogP contribution in [0, 0.1) is 13.8 Å². The van der Waals surface area contributed by atoms with Gasteiger partial charge in [-0.15, -0.1) is 0 Å². The number of hydrogen-bond donors (Lipinski definition) is 0. The summed E-state index contributed by atoms with van der Waals surface area (Å²) in [6, 6.07) is 3.66. The van der Waals surface area contributed by atoms with Crippen LogP contribution in [0.3, 0.4) is 0 Å². The van der Waals surface area contributed by atoms with Crippen molar-refractivity contribution in [1.82, 2.24) is 0 Å². The van der Waals surface area contributed by atoms with E-state index in [4.69, 9.17) is 21.1 Å². The summed E-state index contributed by atoms with van der Waals surface area (Å²) >= 11 is 6.38. The number of halogens is 1. The number of rotatable bonds is 3. The number of benzene rings is 1. The molecule has 0 amide bonds. The number of carbonyl (C=O) groups is 2. The minimum Gasteiger partial charge on any atom is -0.465 e. The molecule has 1 heterocycles. The Morgan fingerprint density at radius 1 is 1.00 bits per heavy atom. The smallest absolute Gasteiger partial charge is 0.355 e. The van der Waals surface area contributed by atoms with Crippen LogP contribution in [0.15, 0.2) is 47.8 Å². The number of nitrogens with zero attached hydrogens (tertiary/aromatic N) is 1. The van der Waals surface area contributed by atoms with Crippen LogP contribution in [-0.2, 0) is 19.1 Å². The predicted octanol–water partition coefficient (Wildman–Crippen LogP) is 3.45. The van der Waals surface area contributed by atoms with Gasteiger partial charge in [-0.3, -0.25) is 0 Å². The lowest BCUT2D eigenvalue weighted by Crippen LogP contribution is -2.27. The summed E-state index contributed by atoms with van der Waals surface area (Å²) in [5, 5.41) is 0.454. The fraction of sp³-hybridized carbons (Fsp3) is 0.222. The van der Waals surface area contributed by atoms with E-state index < -0.39 is 11.9 Å². The molecule has 6 heteroatoms. The van der Waals surface area contributed by atoms with Gasteiger partial charge in [0.1, 0.15) is 5.70 Å². The van der Waals surface area contributed by atoms with Gasteiger partial charge in [-0.2, -0.15) is 0 Å². The Morgan fingerprint density at radius 3 is 2.25 bits per heavy atom. The third kappa shape index (κ3) is 3.36. The summed E-state index contributed by atoms with van der Waals surface area (Å²) < 4.78 is 9.64. The number of aryl methyl sites for hydroxylation is 2. The number of anilines is 1. The molecule has 0 fully saturated rings. The summed E-state index contributed by atoms with van der Waals surface area (Å²) in [6.07, 6.45) is 6.49. The second-order valence-corrected chi connectivity index (χ2v) is 5.61. The highest BCUT2D eigenvalue weighted by Gasteiger charge is 2.28. The van der Waals surface area contributed by atoms with Crippen LogP contribution in [0.5, 0.6) is 0 Å². The molecular weight excluding hydrogens is 330 g/mol. The average Bonchev–Trinajstić information content (AvgIpc) is 2.79. The Labute approximate surface area is 145 Å². The van der Waals surface area contributed by atoms with Gasteiger partial charge >= 0.3 is 11.9 Å². The van der Waals surface area contributed by atoms with Crippen LogP contribution in [0.1, 0.15) is 11.1 Å². The quantitative estimate of drug-likeness (QED) is 0.784. The first-order valence-electron chi connectivity index (χ1n) is 7.22. The molecule has 0 aromatic heterocycles. The van der Waals surface area contributed by atoms with E-state index in [9.17, 15) is 9.59 Å². The zero-order valence-electron chi connectivity index (χ0n) is 13.9. The van der Waals surface area contributed by atoms with Crippen LogP contribution in [-0.4, -0.2) is 26.2 Å². The number of methoxy groups -OCH3 is 2. The average molecular weight is 348 g/mol. The lowest BCUT2D eigenvalue weighted by molar-refractivity contribution is -0.139. The number of ether oxygens (including phenoxy) is 2. The van der Waals surface area contributed by atoms with E-state index in [1.54, 1.807) is 18.4 Å². The maximum Gasteiger partial charge on any atom is 0.355 e. The molecule has 0 N–H and O–H groups in total. The van der Waals surface area contributed by atoms with Gasteiger partial charge in [0.25, 0.3) is 0 Å². The zero-order chi connectivity index (χ0) is 17.9. The molecule has 0 bridgehead atoms. The fourth-order valence-corrected chi connectivity index (χ4v) is 2.61. The molecular formula is C18H18ClNO4. The number of carbonyl (C=O) groups excluding carboxylic acids is 2. The van der Waals surface area contributed by atoms with Crippen molar-refractivity contribution in [1.29, 1.82) is 0 Å². The highest BCUT2D eigenvalue weighted by Crippen LogP contribution is 2.34. The molecule has 24 heavy (non-hydrogen) atoms. The molecule has 5 nitrogen and oxygen atoms in total. The van der Waals surface area contributed by atoms with Gasteiger partial charge < -0.3 is 14.4 Å². The first kappa shape index (κ1) is 17.8. The van der Waals surface area contributed by atoms with E-state index in [1.165, 1.54) is 25.2 Å². The summed E-state index contributed by atoms with van der Waals surface area (Å²) in [4.78, 5) is 26.0. The van der Waals surface area contributed by atoms with Gasteiger partial charge in [-0.05, 0) is 49.3 Å². The zero-order valence-corrected chi connectivity index (χ0v) is 14.7. The lowest BCUT2D eigenvalue weighted by atomic mass is 10.1. The van der Waals surface area contributed by atoms with Crippen molar-refractivity contribution in [2.24, 2.45) is 0 Å². The van der Waals surface area contributed by atoms with Crippen molar-refractivity contribution >= 4 is 29.2 Å². The van der Waals surface area contributed by atoms with Crippen LogP contribution in [0.4, 0.5) is 5.69 Å². The van der Waals surface area contributed by atoms with E-state index in [1.807, 2.05) is 26.0 Å². The van der Waals surface area contributed by atoms with Crippen LogP contribution < -0.4 is 4.90 Å². The van der Waals surface area contributed by atoms with E-state index >= 15 is 0 Å². The number of allylic oxidation sites excluding steroid dienone is 2. The van der Waals surface area contributed by atoms with E-state index in [-0.39, 0.29) is 11.3 Å². The van der Waals surface area contributed by atoms with Gasteiger partial charge in [-0.1, -0.05) is 17.7 Å². The lowest BCUT2D eigenvalue weighted by Gasteiger charge is -2.24. The molecule has 0 radical (unpaired) electrons. The second-order valence-electron chi connectivity index (χ2n) is 5.20. The Bertz CT molecular complexity index is 777. The van der Waals surface area contributed by atoms with Crippen molar-refractivity contribution in [2.75, 3.05) is 19.1 Å². The Hall–Kier alpha value is -2.53. The van der Waals surface area contributed by atoms with Gasteiger partial charge in [0, 0.05) is 6.20 Å². The van der Waals surface area contributed by atoms with Crippen molar-refractivity contribution in [2.45, 2.75) is 13.8 Å². The van der Waals surface area contributed by atoms with E-state index in [0.717, 1.165) is 11.1 Å². The first-order valence-corrected chi connectivity index (χ1v) is 7.60. The Balaban J connectivity index is 2.72. The van der Waals surface area contributed by atoms with Crippen molar-refractivity contribution < 1.29 is 19.1 Å². The van der Waals surface area contributed by atoms with Crippen molar-refractivity contribution in [3.05, 3.63) is 64.0 Å². The van der Waals surface area contributed by atoms with E-state index in [2.05, 4.69) is 0 Å². The number of hydrogen-bond acceptors (Lipinski definition) is 5. The largest absolute Gasteiger partial charge is 0.465 e. The summed E-state index contributed by atoms with van der Waals surface area (Å²) in [5.41, 5.74) is 2.73. The fourth-order valence-electron chi connectivity index (χ4n) is 2.30. The first-order chi connectivity index (χ1) is 11.4. The SMILES string of the molecule is COC(=O)C1=C(C(=O)OC)N(c2cc(C)c(C)cc2Cl)C=CC=C1. The molecule has 0 saturated heterocycles. The molecule has 1 aliphatic heterocycles. The summed E-state index contributed by atoms with van der Waals surface area (Å²) in [5.74, 6) is -1.30. The van der Waals surface area contributed by atoms with Crippen LogP contribution >= 0.6 is 11.6 Å². The molecule has 1 aromatic rings. The molecule has 0 spiro atoms. The third-order valence-electron chi connectivity index (χ3n) is 3.71. The van der Waals surface area contributed by atoms with Crippen molar-refractivity contribution in [3.63, 3.8) is 0 Å². The molecule has 0 saturated carbocycles. The maximum absolute atomic E-state index is 12.4. The van der Waals surface area contributed by atoms with Gasteiger partial charge in [0.2, 0.25) is 0 Å². The topological polar surface area (TPSA) is 55.8 Å². The summed E-state index contributed by atoms with van der Waals surface area (Å²) in [6.45, 7) is 3.89. The highest BCUT2D eigenvalue weighted by atomic mass is 35.5. The normalized spacial score (nSPS) is 13.8. The van der Waals surface area contributed by atoms with Crippen LogP contribution in [0.25, 0.3) is 0 Å². The molecule has 0 atom stereocenters. The van der Waals surface area contributed by atoms with Gasteiger partial charge in [0.15, 0.2) is 0 Å². The van der Waals surface area contributed by atoms with Gasteiger partial charge in [-0.25, -0.2) is 9.59 Å². The molecule has 0 aliphatic carbocycles. The minimum absolute atomic E-state index is 0.0412. The second kappa shape index (κ2) is 7.36. The maximum atomic E-state index is 12.4.